The summed E-state index contributed by atoms with van der Waals surface area (Å²) in [7, 11) is 0. The van der Waals surface area contributed by atoms with Crippen LogP contribution >= 0.6 is 0 Å². The summed E-state index contributed by atoms with van der Waals surface area (Å²) in [6.07, 6.45) is 15.1. The predicted molar refractivity (Wildman–Crippen MR) is 130 cm³/mol. The molecule has 0 aromatic heterocycles. The lowest BCUT2D eigenvalue weighted by Crippen LogP contribution is -2.51. The second-order valence-corrected chi connectivity index (χ2v) is 12.1. The molecule has 0 bridgehead atoms. The van der Waals surface area contributed by atoms with E-state index in [9.17, 15) is 9.59 Å². The highest BCUT2D eigenvalue weighted by Gasteiger charge is 2.59. The molecule has 0 aromatic carbocycles. The zero-order chi connectivity index (χ0) is 23.1. The van der Waals surface area contributed by atoms with Crippen LogP contribution in [0.2, 0.25) is 0 Å². The predicted octanol–water partition coefficient (Wildman–Crippen LogP) is 7.32. The number of ketones is 2. The fourth-order valence-electron chi connectivity index (χ4n) is 8.55. The van der Waals surface area contributed by atoms with Gasteiger partial charge in [0.15, 0.2) is 11.6 Å². The Balaban J connectivity index is 1.63. The molecule has 172 valence electrons. The van der Waals surface area contributed by atoms with Crippen molar-refractivity contribution >= 4 is 11.6 Å². The monoisotopic (exact) mass is 432 g/mol. The zero-order valence-corrected chi connectivity index (χ0v) is 20.9. The smallest absolute Gasteiger partial charge is 0.166 e. The summed E-state index contributed by atoms with van der Waals surface area (Å²) in [5, 5.41) is 0. The number of fused-ring (bicyclic) bond motifs is 1. The number of rotatable bonds is 1. The normalized spacial score (nSPS) is 44.2. The fourth-order valence-corrected chi connectivity index (χ4v) is 8.55. The van der Waals surface area contributed by atoms with E-state index >= 15 is 0 Å². The van der Waals surface area contributed by atoms with Crippen LogP contribution in [-0.4, -0.2) is 11.6 Å². The van der Waals surface area contributed by atoms with E-state index in [1.807, 2.05) is 6.08 Å². The van der Waals surface area contributed by atoms with Crippen LogP contribution < -0.4 is 0 Å². The van der Waals surface area contributed by atoms with Crippen molar-refractivity contribution in [2.75, 3.05) is 0 Å². The molecule has 0 aliphatic heterocycles. The Morgan fingerprint density at radius 1 is 0.812 bits per heavy atom. The van der Waals surface area contributed by atoms with Crippen LogP contribution in [0.4, 0.5) is 0 Å². The van der Waals surface area contributed by atoms with E-state index < -0.39 is 0 Å². The van der Waals surface area contributed by atoms with Crippen LogP contribution in [0.15, 0.2) is 46.1 Å². The molecule has 2 fully saturated rings. The summed E-state index contributed by atoms with van der Waals surface area (Å²) in [6.45, 7) is 13.4. The van der Waals surface area contributed by atoms with Crippen molar-refractivity contribution in [2.24, 2.45) is 34.0 Å². The van der Waals surface area contributed by atoms with E-state index in [4.69, 9.17) is 0 Å². The molecule has 5 rings (SSSR count). The maximum absolute atomic E-state index is 14.5. The molecule has 2 saturated carbocycles. The highest BCUT2D eigenvalue weighted by atomic mass is 16.1. The van der Waals surface area contributed by atoms with E-state index in [1.165, 1.54) is 22.3 Å². The molecule has 0 heterocycles. The van der Waals surface area contributed by atoms with Gasteiger partial charge in [-0.3, -0.25) is 9.59 Å². The average Bonchev–Trinajstić information content (AvgIpc) is 3.31. The number of carbonyl (C=O) groups excluding carboxylic acids is 2. The maximum atomic E-state index is 14.5. The standard InChI is InChI=1S/C30H40O2/c1-18-11-14-28(6,23-15-21(4)29(25(31)17-23)12-7-9-19(29)2)26-24(18)16-22(5)30(27(26)32)13-8-10-20(30)3/h15-17,19-20,26H,7-14H2,1-6H3. The fraction of sp³-hybridized carbons (Fsp3) is 0.667. The maximum Gasteiger partial charge on any atom is 0.166 e. The van der Waals surface area contributed by atoms with Crippen molar-refractivity contribution in [1.29, 1.82) is 0 Å². The highest BCUT2D eigenvalue weighted by Crippen LogP contribution is 2.62. The van der Waals surface area contributed by atoms with Gasteiger partial charge >= 0.3 is 0 Å². The molecule has 5 aliphatic rings. The Labute approximate surface area is 194 Å². The minimum atomic E-state index is -0.307. The third-order valence-corrected chi connectivity index (χ3v) is 10.8. The molecule has 0 saturated heterocycles. The van der Waals surface area contributed by atoms with Crippen LogP contribution in [-0.2, 0) is 9.59 Å². The second-order valence-electron chi connectivity index (χ2n) is 12.1. The van der Waals surface area contributed by atoms with Crippen molar-refractivity contribution in [1.82, 2.24) is 0 Å². The third kappa shape index (κ3) is 2.59. The Morgan fingerprint density at radius 2 is 1.41 bits per heavy atom. The largest absolute Gasteiger partial charge is 0.298 e. The Morgan fingerprint density at radius 3 is 1.97 bits per heavy atom. The molecule has 2 spiro atoms. The van der Waals surface area contributed by atoms with Crippen LogP contribution in [0.1, 0.15) is 92.9 Å². The first-order chi connectivity index (χ1) is 15.1. The van der Waals surface area contributed by atoms with Crippen LogP contribution in [0, 0.1) is 34.0 Å². The topological polar surface area (TPSA) is 34.1 Å². The highest BCUT2D eigenvalue weighted by molar-refractivity contribution is 6.01. The van der Waals surface area contributed by atoms with Crippen LogP contribution in [0.5, 0.6) is 0 Å². The molecule has 0 radical (unpaired) electrons. The molecular weight excluding hydrogens is 392 g/mol. The minimum absolute atomic E-state index is 0.126. The molecule has 0 amide bonds. The molecule has 2 heteroatoms. The summed E-state index contributed by atoms with van der Waals surface area (Å²) >= 11 is 0. The lowest BCUT2D eigenvalue weighted by molar-refractivity contribution is -0.135. The third-order valence-electron chi connectivity index (χ3n) is 10.8. The van der Waals surface area contributed by atoms with Crippen molar-refractivity contribution in [3.8, 4) is 0 Å². The minimum Gasteiger partial charge on any atom is -0.298 e. The Kier molecular flexibility index (Phi) is 4.94. The molecule has 6 atom stereocenters. The molecular formula is C30H40O2. The van der Waals surface area contributed by atoms with Gasteiger partial charge < -0.3 is 0 Å². The van der Waals surface area contributed by atoms with Gasteiger partial charge in [0.05, 0.1) is 16.7 Å². The molecule has 32 heavy (non-hydrogen) atoms. The van der Waals surface area contributed by atoms with Gasteiger partial charge in [0, 0.05) is 5.41 Å². The summed E-state index contributed by atoms with van der Waals surface area (Å²) in [5.74, 6) is 1.42. The summed E-state index contributed by atoms with van der Waals surface area (Å²) in [6, 6.07) is 0. The summed E-state index contributed by atoms with van der Waals surface area (Å²) in [4.78, 5) is 28.1. The SMILES string of the molecule is CC1=CC(C2(C)CCC(C)=C3C=C(C)C4(CCCC4C)C(=O)C32)=CC(=O)C12CCCC2C. The van der Waals surface area contributed by atoms with Gasteiger partial charge in [-0.2, -0.15) is 0 Å². The zero-order valence-electron chi connectivity index (χ0n) is 20.9. The van der Waals surface area contributed by atoms with Crippen LogP contribution in [0.25, 0.3) is 0 Å². The van der Waals surface area contributed by atoms with E-state index in [0.717, 1.165) is 56.9 Å². The van der Waals surface area contributed by atoms with Crippen molar-refractivity contribution in [2.45, 2.75) is 92.9 Å². The van der Waals surface area contributed by atoms with Gasteiger partial charge in [-0.25, -0.2) is 0 Å². The Hall–Kier alpha value is -1.70. The quantitative estimate of drug-likeness (QED) is 0.435. The lowest BCUT2D eigenvalue weighted by atomic mass is 9.50. The van der Waals surface area contributed by atoms with E-state index in [1.54, 1.807) is 0 Å². The second kappa shape index (κ2) is 7.15. The number of carbonyl (C=O) groups is 2. The first-order valence-corrected chi connectivity index (χ1v) is 13.0. The van der Waals surface area contributed by atoms with Gasteiger partial charge in [-0.1, -0.05) is 62.5 Å². The number of allylic oxidation sites excluding steroid dienone is 8. The molecule has 5 aliphatic carbocycles. The average molecular weight is 433 g/mol. The van der Waals surface area contributed by atoms with Crippen molar-refractivity contribution in [3.63, 3.8) is 0 Å². The summed E-state index contributed by atoms with van der Waals surface area (Å²) < 4.78 is 0. The molecule has 0 aromatic rings. The van der Waals surface area contributed by atoms with E-state index in [0.29, 0.717) is 23.4 Å². The van der Waals surface area contributed by atoms with Gasteiger partial charge in [-0.15, -0.1) is 0 Å². The van der Waals surface area contributed by atoms with Gasteiger partial charge in [0.25, 0.3) is 0 Å². The van der Waals surface area contributed by atoms with Gasteiger partial charge in [0.2, 0.25) is 0 Å². The lowest BCUT2D eigenvalue weighted by Gasteiger charge is -2.51. The first kappa shape index (κ1) is 22.1. The number of Topliss-reactive ketones (excluding diaryl/α,β-unsaturated/α-hetero) is 1. The van der Waals surface area contributed by atoms with Gasteiger partial charge in [0.1, 0.15) is 0 Å². The van der Waals surface area contributed by atoms with E-state index in [2.05, 4.69) is 53.7 Å². The Bertz CT molecular complexity index is 1020. The van der Waals surface area contributed by atoms with Crippen LogP contribution in [0.3, 0.4) is 0 Å². The first-order valence-electron chi connectivity index (χ1n) is 13.0. The van der Waals surface area contributed by atoms with Crippen molar-refractivity contribution < 1.29 is 9.59 Å². The molecule has 2 nitrogen and oxygen atoms in total. The molecule has 6 unspecified atom stereocenters. The summed E-state index contributed by atoms with van der Waals surface area (Å²) in [5.41, 5.74) is 5.34. The number of hydrogen-bond acceptors (Lipinski definition) is 2. The van der Waals surface area contributed by atoms with Gasteiger partial charge in [-0.05, 0) is 88.4 Å². The molecule has 0 N–H and O–H groups in total. The van der Waals surface area contributed by atoms with Crippen molar-refractivity contribution in [3.05, 3.63) is 46.1 Å². The van der Waals surface area contributed by atoms with E-state index in [-0.39, 0.29) is 22.2 Å². The number of hydrogen-bond donors (Lipinski definition) is 0.